The van der Waals surface area contributed by atoms with E-state index in [-0.39, 0.29) is 29.1 Å². The first kappa shape index (κ1) is 14.8. The van der Waals surface area contributed by atoms with Gasteiger partial charge in [0.1, 0.15) is 11.6 Å². The minimum atomic E-state index is -0.569. The van der Waals surface area contributed by atoms with Crippen LogP contribution in [0.4, 0.5) is 11.4 Å². The van der Waals surface area contributed by atoms with Gasteiger partial charge in [-0.3, -0.25) is 14.9 Å². The van der Waals surface area contributed by atoms with Crippen molar-refractivity contribution in [1.29, 1.82) is 5.26 Å². The summed E-state index contributed by atoms with van der Waals surface area (Å²) >= 11 is 0. The van der Waals surface area contributed by atoms with Crippen molar-refractivity contribution in [3.05, 3.63) is 33.9 Å². The molecule has 0 spiro atoms. The third-order valence-electron chi connectivity index (χ3n) is 3.81. The molecule has 1 aliphatic rings. The summed E-state index contributed by atoms with van der Waals surface area (Å²) in [5.41, 5.74) is 5.81. The molecule has 0 heterocycles. The van der Waals surface area contributed by atoms with Crippen LogP contribution in [0.1, 0.15) is 31.2 Å². The summed E-state index contributed by atoms with van der Waals surface area (Å²) in [6.07, 6.45) is 3.11. The lowest BCUT2D eigenvalue weighted by Gasteiger charge is -2.28. The second kappa shape index (κ2) is 6.22. The molecule has 1 aliphatic carbocycles. The average molecular weight is 288 g/mol. The van der Waals surface area contributed by atoms with E-state index < -0.39 is 4.92 Å². The topological polar surface area (TPSA) is 122 Å². The van der Waals surface area contributed by atoms with Crippen molar-refractivity contribution in [3.63, 3.8) is 0 Å². The van der Waals surface area contributed by atoms with Crippen LogP contribution in [0.2, 0.25) is 0 Å². The highest BCUT2D eigenvalue weighted by atomic mass is 16.6. The Hall–Kier alpha value is -2.62. The van der Waals surface area contributed by atoms with Crippen molar-refractivity contribution >= 4 is 17.3 Å². The molecule has 1 aromatic rings. The molecule has 1 saturated carbocycles. The van der Waals surface area contributed by atoms with Gasteiger partial charge in [0, 0.05) is 23.7 Å². The number of carbonyl (C=O) groups is 1. The highest BCUT2D eigenvalue weighted by Crippen LogP contribution is 2.28. The number of rotatable bonds is 4. The summed E-state index contributed by atoms with van der Waals surface area (Å²) in [5, 5.41) is 23.0. The van der Waals surface area contributed by atoms with E-state index in [2.05, 4.69) is 5.32 Å². The molecular formula is C14H16N4O3. The predicted octanol–water partition coefficient (Wildman–Crippen LogP) is 1.92. The summed E-state index contributed by atoms with van der Waals surface area (Å²) in [6.45, 7) is 0. The van der Waals surface area contributed by atoms with E-state index in [0.29, 0.717) is 5.69 Å². The molecule has 2 rings (SSSR count). The molecule has 1 amide bonds. The zero-order chi connectivity index (χ0) is 15.4. The van der Waals surface area contributed by atoms with Crippen molar-refractivity contribution in [3.8, 4) is 6.07 Å². The highest BCUT2D eigenvalue weighted by molar-refractivity contribution is 5.76. The quantitative estimate of drug-likeness (QED) is 0.647. The van der Waals surface area contributed by atoms with E-state index in [1.807, 2.05) is 6.07 Å². The van der Waals surface area contributed by atoms with Crippen LogP contribution in [0.15, 0.2) is 18.2 Å². The van der Waals surface area contributed by atoms with E-state index in [4.69, 9.17) is 11.0 Å². The molecule has 0 aromatic heterocycles. The van der Waals surface area contributed by atoms with E-state index in [9.17, 15) is 14.9 Å². The predicted molar refractivity (Wildman–Crippen MR) is 76.4 cm³/mol. The standard InChI is InChI=1S/C14H16N4O3/c15-8-10-7-12(5-6-13(10)18(20)21)17-11-3-1-9(2-4-11)14(16)19/h5-7,9,11,17H,1-4H2,(H2,16,19). The first-order valence-corrected chi connectivity index (χ1v) is 6.75. The number of hydrogen-bond acceptors (Lipinski definition) is 5. The van der Waals surface area contributed by atoms with Gasteiger partial charge in [0.15, 0.2) is 0 Å². The summed E-state index contributed by atoms with van der Waals surface area (Å²) in [6, 6.07) is 6.43. The first-order valence-electron chi connectivity index (χ1n) is 6.75. The molecule has 0 radical (unpaired) electrons. The number of nitrogens with one attached hydrogen (secondary N) is 1. The van der Waals surface area contributed by atoms with Crippen LogP contribution in [0, 0.1) is 27.4 Å². The number of nitrogens with two attached hydrogens (primary N) is 1. The number of primary amides is 1. The van der Waals surface area contributed by atoms with Gasteiger partial charge < -0.3 is 11.1 Å². The Morgan fingerprint density at radius 2 is 2.05 bits per heavy atom. The van der Waals surface area contributed by atoms with Crippen LogP contribution < -0.4 is 11.1 Å². The van der Waals surface area contributed by atoms with E-state index in [1.54, 1.807) is 6.07 Å². The Morgan fingerprint density at radius 1 is 1.38 bits per heavy atom. The third kappa shape index (κ3) is 3.48. The second-order valence-electron chi connectivity index (χ2n) is 5.20. The van der Waals surface area contributed by atoms with Crippen molar-refractivity contribution < 1.29 is 9.72 Å². The Labute approximate surface area is 121 Å². The Morgan fingerprint density at radius 3 is 2.57 bits per heavy atom. The molecule has 0 unspecified atom stereocenters. The normalized spacial score (nSPS) is 21.3. The van der Waals surface area contributed by atoms with Gasteiger partial charge in [-0.15, -0.1) is 0 Å². The van der Waals surface area contributed by atoms with Crippen LogP contribution in [-0.2, 0) is 4.79 Å². The van der Waals surface area contributed by atoms with Gasteiger partial charge in [0.05, 0.1) is 4.92 Å². The lowest BCUT2D eigenvalue weighted by Crippen LogP contribution is -2.32. The van der Waals surface area contributed by atoms with Crippen molar-refractivity contribution in [1.82, 2.24) is 0 Å². The van der Waals surface area contributed by atoms with E-state index in [1.165, 1.54) is 12.1 Å². The minimum Gasteiger partial charge on any atom is -0.382 e. The number of carbonyl (C=O) groups excluding carboxylic acids is 1. The first-order chi connectivity index (χ1) is 10.0. The monoisotopic (exact) mass is 288 g/mol. The lowest BCUT2D eigenvalue weighted by molar-refractivity contribution is -0.385. The van der Waals surface area contributed by atoms with E-state index >= 15 is 0 Å². The summed E-state index contributed by atoms with van der Waals surface area (Å²) < 4.78 is 0. The fourth-order valence-corrected chi connectivity index (χ4v) is 2.63. The molecule has 0 aliphatic heterocycles. The smallest absolute Gasteiger partial charge is 0.287 e. The maximum Gasteiger partial charge on any atom is 0.287 e. The third-order valence-corrected chi connectivity index (χ3v) is 3.81. The molecule has 7 nitrogen and oxygen atoms in total. The number of nitro groups is 1. The number of amides is 1. The Kier molecular flexibility index (Phi) is 4.38. The number of nitro benzene ring substituents is 1. The molecule has 0 bridgehead atoms. The van der Waals surface area contributed by atoms with Gasteiger partial charge in [-0.25, -0.2) is 0 Å². The van der Waals surface area contributed by atoms with Crippen LogP contribution in [0.5, 0.6) is 0 Å². The van der Waals surface area contributed by atoms with Crippen LogP contribution in [0.3, 0.4) is 0 Å². The maximum atomic E-state index is 11.1. The van der Waals surface area contributed by atoms with Gasteiger partial charge in [-0.2, -0.15) is 5.26 Å². The molecule has 1 fully saturated rings. The molecule has 110 valence electrons. The summed E-state index contributed by atoms with van der Waals surface area (Å²) in [7, 11) is 0. The SMILES string of the molecule is N#Cc1cc(NC2CCC(C(N)=O)CC2)ccc1[N+](=O)[O-]. The average Bonchev–Trinajstić information content (AvgIpc) is 2.47. The summed E-state index contributed by atoms with van der Waals surface area (Å²) in [5.74, 6) is -0.315. The van der Waals surface area contributed by atoms with Crippen LogP contribution >= 0.6 is 0 Å². The van der Waals surface area contributed by atoms with Gasteiger partial charge in [-0.05, 0) is 37.8 Å². The van der Waals surface area contributed by atoms with Crippen LogP contribution in [-0.4, -0.2) is 16.9 Å². The number of hydrogen-bond donors (Lipinski definition) is 2. The highest BCUT2D eigenvalue weighted by Gasteiger charge is 2.25. The van der Waals surface area contributed by atoms with Crippen LogP contribution in [0.25, 0.3) is 0 Å². The summed E-state index contributed by atoms with van der Waals surface area (Å²) in [4.78, 5) is 21.3. The molecule has 0 atom stereocenters. The second-order valence-corrected chi connectivity index (χ2v) is 5.20. The van der Waals surface area contributed by atoms with Gasteiger partial charge in [-0.1, -0.05) is 0 Å². The Balaban J connectivity index is 2.03. The van der Waals surface area contributed by atoms with Crippen molar-refractivity contribution in [2.24, 2.45) is 11.7 Å². The fraction of sp³-hybridized carbons (Fsp3) is 0.429. The van der Waals surface area contributed by atoms with Gasteiger partial charge in [0.2, 0.25) is 5.91 Å². The number of nitrogens with zero attached hydrogens (tertiary/aromatic N) is 2. The molecular weight excluding hydrogens is 272 g/mol. The zero-order valence-electron chi connectivity index (χ0n) is 11.4. The molecule has 0 saturated heterocycles. The van der Waals surface area contributed by atoms with Gasteiger partial charge in [0.25, 0.3) is 5.69 Å². The Bertz CT molecular complexity index is 601. The zero-order valence-corrected chi connectivity index (χ0v) is 11.4. The molecule has 21 heavy (non-hydrogen) atoms. The van der Waals surface area contributed by atoms with Crippen molar-refractivity contribution in [2.45, 2.75) is 31.7 Å². The molecule has 7 heteroatoms. The lowest BCUT2D eigenvalue weighted by atomic mass is 9.85. The van der Waals surface area contributed by atoms with E-state index in [0.717, 1.165) is 25.7 Å². The maximum absolute atomic E-state index is 11.1. The largest absolute Gasteiger partial charge is 0.382 e. The van der Waals surface area contributed by atoms with Gasteiger partial charge >= 0.3 is 0 Å². The molecule has 1 aromatic carbocycles. The fourth-order valence-electron chi connectivity index (χ4n) is 2.63. The minimum absolute atomic E-state index is 0.0378. The van der Waals surface area contributed by atoms with Crippen molar-refractivity contribution in [2.75, 3.05) is 5.32 Å². The molecule has 3 N–H and O–H groups in total. The number of anilines is 1. The number of nitriles is 1. The number of benzene rings is 1.